The number of hydrogen-bond donors (Lipinski definition) is 0. The van der Waals surface area contributed by atoms with Gasteiger partial charge in [-0.25, -0.2) is 4.79 Å². The molecule has 3 nitrogen and oxygen atoms in total. The van der Waals surface area contributed by atoms with E-state index in [4.69, 9.17) is 4.84 Å². The molecule has 1 aliphatic carbocycles. The molecule has 4 heteroatoms. The summed E-state index contributed by atoms with van der Waals surface area (Å²) in [5.74, 6) is -0.475. The lowest BCUT2D eigenvalue weighted by Gasteiger charge is -2.02. The third kappa shape index (κ3) is 2.55. The number of fused-ring (bicyclic) bond motifs is 3. The number of halogens is 1. The molecule has 116 valence electrons. The highest BCUT2D eigenvalue weighted by Gasteiger charge is 2.25. The van der Waals surface area contributed by atoms with Gasteiger partial charge in [0.2, 0.25) is 0 Å². The van der Waals surface area contributed by atoms with Crippen LogP contribution in [0.2, 0.25) is 0 Å². The van der Waals surface area contributed by atoms with Gasteiger partial charge in [0.25, 0.3) is 0 Å². The predicted molar refractivity (Wildman–Crippen MR) is 97.1 cm³/mol. The summed E-state index contributed by atoms with van der Waals surface area (Å²) in [6.07, 6.45) is 0. The van der Waals surface area contributed by atoms with Crippen molar-refractivity contribution in [3.05, 3.63) is 94.0 Å². The maximum Gasteiger partial charge on any atom is 0.365 e. The molecule has 0 N–H and O–H groups in total. The van der Waals surface area contributed by atoms with Gasteiger partial charge in [0.15, 0.2) is 0 Å². The fourth-order valence-electron chi connectivity index (χ4n) is 2.82. The van der Waals surface area contributed by atoms with E-state index in [1.807, 2.05) is 48.5 Å². The lowest BCUT2D eigenvalue weighted by molar-refractivity contribution is 0.0517. The average Bonchev–Trinajstić information content (AvgIpc) is 2.94. The molecule has 0 radical (unpaired) electrons. The van der Waals surface area contributed by atoms with Crippen molar-refractivity contribution in [2.24, 2.45) is 5.16 Å². The summed E-state index contributed by atoms with van der Waals surface area (Å²) in [4.78, 5) is 17.4. The number of nitrogens with zero attached hydrogens (tertiary/aromatic N) is 1. The molecule has 0 atom stereocenters. The van der Waals surface area contributed by atoms with Crippen LogP contribution in [0.3, 0.4) is 0 Å². The average molecular weight is 378 g/mol. The van der Waals surface area contributed by atoms with Gasteiger partial charge in [0, 0.05) is 15.6 Å². The van der Waals surface area contributed by atoms with Crippen LogP contribution < -0.4 is 0 Å². The molecule has 0 spiro atoms. The number of oxime groups is 1. The first-order chi connectivity index (χ1) is 11.7. The molecule has 0 unspecified atom stereocenters. The molecular formula is C20H12BrNO2. The summed E-state index contributed by atoms with van der Waals surface area (Å²) in [6, 6.07) is 23.0. The smallest absolute Gasteiger partial charge is 0.312 e. The van der Waals surface area contributed by atoms with E-state index >= 15 is 0 Å². The fraction of sp³-hybridized carbons (Fsp3) is 0. The Kier molecular flexibility index (Phi) is 3.75. The Hall–Kier alpha value is -2.72. The summed E-state index contributed by atoms with van der Waals surface area (Å²) in [5.41, 5.74) is 5.30. The normalized spacial score (nSPS) is 11.6. The maximum atomic E-state index is 12.2. The molecule has 4 rings (SSSR count). The van der Waals surface area contributed by atoms with Gasteiger partial charge in [0.05, 0.1) is 5.56 Å². The lowest BCUT2D eigenvalue weighted by Crippen LogP contribution is -2.05. The Bertz CT molecular complexity index is 914. The molecule has 0 saturated carbocycles. The topological polar surface area (TPSA) is 38.7 Å². The lowest BCUT2D eigenvalue weighted by atomic mass is 10.1. The van der Waals surface area contributed by atoms with Crippen molar-refractivity contribution in [1.82, 2.24) is 0 Å². The summed E-state index contributed by atoms with van der Waals surface area (Å²) in [6.45, 7) is 0. The van der Waals surface area contributed by atoms with E-state index in [1.54, 1.807) is 24.3 Å². The van der Waals surface area contributed by atoms with Crippen molar-refractivity contribution in [3.8, 4) is 11.1 Å². The molecule has 3 aromatic carbocycles. The molecule has 24 heavy (non-hydrogen) atoms. The minimum Gasteiger partial charge on any atom is -0.312 e. The van der Waals surface area contributed by atoms with Gasteiger partial charge in [-0.15, -0.1) is 0 Å². The molecule has 0 aliphatic heterocycles. The first kappa shape index (κ1) is 14.8. The summed E-state index contributed by atoms with van der Waals surface area (Å²) in [5, 5.41) is 4.16. The molecule has 3 aromatic rings. The molecule has 0 amide bonds. The van der Waals surface area contributed by atoms with Crippen molar-refractivity contribution < 1.29 is 9.63 Å². The zero-order valence-corrected chi connectivity index (χ0v) is 14.2. The molecule has 0 saturated heterocycles. The van der Waals surface area contributed by atoms with Crippen LogP contribution in [0.15, 0.2) is 82.4 Å². The molecule has 0 aromatic heterocycles. The third-order valence-corrected chi connectivity index (χ3v) is 4.48. The zero-order chi connectivity index (χ0) is 16.5. The Labute approximate surface area is 147 Å². The van der Waals surface area contributed by atoms with Crippen LogP contribution in [0.5, 0.6) is 0 Å². The maximum absolute atomic E-state index is 12.2. The standard InChI is InChI=1S/C20H12BrNO2/c21-14-11-9-13(10-12-14)20(23)24-22-19-17-7-3-1-5-15(17)16-6-2-4-8-18(16)19/h1-12H. The van der Waals surface area contributed by atoms with Crippen molar-refractivity contribution in [2.45, 2.75) is 0 Å². The minimum atomic E-state index is -0.475. The fourth-order valence-corrected chi connectivity index (χ4v) is 3.08. The highest BCUT2D eigenvalue weighted by Crippen LogP contribution is 2.36. The van der Waals surface area contributed by atoms with Gasteiger partial charge in [-0.05, 0) is 35.4 Å². The summed E-state index contributed by atoms with van der Waals surface area (Å²) in [7, 11) is 0. The van der Waals surface area contributed by atoms with Crippen LogP contribution in [0.1, 0.15) is 21.5 Å². The third-order valence-electron chi connectivity index (χ3n) is 3.95. The highest BCUT2D eigenvalue weighted by molar-refractivity contribution is 9.10. The van der Waals surface area contributed by atoms with E-state index in [9.17, 15) is 4.79 Å². The van der Waals surface area contributed by atoms with Crippen LogP contribution >= 0.6 is 15.9 Å². The van der Waals surface area contributed by atoms with Crippen molar-refractivity contribution in [3.63, 3.8) is 0 Å². The predicted octanol–water partition coefficient (Wildman–Crippen LogP) is 5.04. The van der Waals surface area contributed by atoms with Crippen molar-refractivity contribution >= 4 is 27.6 Å². The van der Waals surface area contributed by atoms with Crippen LogP contribution in [-0.2, 0) is 4.84 Å². The molecule has 0 heterocycles. The first-order valence-corrected chi connectivity index (χ1v) is 8.27. The van der Waals surface area contributed by atoms with Gasteiger partial charge in [-0.3, -0.25) is 0 Å². The Balaban J connectivity index is 1.70. The molecule has 0 fully saturated rings. The van der Waals surface area contributed by atoms with Crippen LogP contribution in [0, 0.1) is 0 Å². The summed E-state index contributed by atoms with van der Waals surface area (Å²) < 4.78 is 0.906. The molecular weight excluding hydrogens is 366 g/mol. The minimum absolute atomic E-state index is 0.460. The molecule has 0 bridgehead atoms. The number of carbonyl (C=O) groups is 1. The molecule has 1 aliphatic rings. The Morgan fingerprint density at radius 1 is 0.750 bits per heavy atom. The largest absolute Gasteiger partial charge is 0.365 e. The SMILES string of the molecule is O=C(ON=C1c2ccccc2-c2ccccc21)c1ccc(Br)cc1. The second-order valence-corrected chi connectivity index (χ2v) is 6.33. The second kappa shape index (κ2) is 6.06. The van der Waals surface area contributed by atoms with E-state index in [1.165, 1.54) is 0 Å². The van der Waals surface area contributed by atoms with Gasteiger partial charge >= 0.3 is 5.97 Å². The van der Waals surface area contributed by atoms with Gasteiger partial charge in [-0.1, -0.05) is 69.6 Å². The van der Waals surface area contributed by atoms with Crippen molar-refractivity contribution in [1.29, 1.82) is 0 Å². The van der Waals surface area contributed by atoms with Crippen LogP contribution in [-0.4, -0.2) is 11.7 Å². The highest BCUT2D eigenvalue weighted by atomic mass is 79.9. The van der Waals surface area contributed by atoms with E-state index in [0.29, 0.717) is 11.3 Å². The van der Waals surface area contributed by atoms with E-state index in [-0.39, 0.29) is 0 Å². The van der Waals surface area contributed by atoms with E-state index in [0.717, 1.165) is 26.7 Å². The van der Waals surface area contributed by atoms with E-state index in [2.05, 4.69) is 21.1 Å². The Morgan fingerprint density at radius 3 is 1.79 bits per heavy atom. The first-order valence-electron chi connectivity index (χ1n) is 7.48. The Morgan fingerprint density at radius 2 is 1.25 bits per heavy atom. The van der Waals surface area contributed by atoms with Gasteiger partial charge in [0.1, 0.15) is 5.71 Å². The van der Waals surface area contributed by atoms with Crippen LogP contribution in [0.25, 0.3) is 11.1 Å². The number of carbonyl (C=O) groups excluding carboxylic acids is 1. The van der Waals surface area contributed by atoms with Crippen molar-refractivity contribution in [2.75, 3.05) is 0 Å². The second-order valence-electron chi connectivity index (χ2n) is 5.42. The number of benzene rings is 3. The van der Waals surface area contributed by atoms with E-state index < -0.39 is 5.97 Å². The monoisotopic (exact) mass is 377 g/mol. The summed E-state index contributed by atoms with van der Waals surface area (Å²) >= 11 is 3.34. The van der Waals surface area contributed by atoms with Gasteiger partial charge in [-0.2, -0.15) is 0 Å². The quantitative estimate of drug-likeness (QED) is 0.362. The van der Waals surface area contributed by atoms with Gasteiger partial charge < -0.3 is 4.84 Å². The number of hydrogen-bond acceptors (Lipinski definition) is 3. The number of rotatable bonds is 2. The zero-order valence-electron chi connectivity index (χ0n) is 12.6. The van der Waals surface area contributed by atoms with Crippen LogP contribution in [0.4, 0.5) is 0 Å².